The summed E-state index contributed by atoms with van der Waals surface area (Å²) in [6.07, 6.45) is 4.65. The molecule has 0 N–H and O–H groups in total. The van der Waals surface area contributed by atoms with Crippen LogP contribution in [0.4, 0.5) is 0 Å². The maximum absolute atomic E-state index is 12.1. The number of para-hydroxylation sites is 2. The van der Waals surface area contributed by atoms with E-state index in [1.54, 1.807) is 7.11 Å². The first-order chi connectivity index (χ1) is 9.22. The number of rotatable bonds is 5. The molecule has 0 unspecified atom stereocenters. The smallest absolute Gasteiger partial charge is 0.260 e. The molecule has 0 heterocycles. The van der Waals surface area contributed by atoms with E-state index in [0.29, 0.717) is 17.5 Å². The Labute approximate surface area is 114 Å². The van der Waals surface area contributed by atoms with Crippen molar-refractivity contribution in [3.63, 3.8) is 0 Å². The Balaban J connectivity index is 1.89. The van der Waals surface area contributed by atoms with Crippen molar-refractivity contribution >= 4 is 5.91 Å². The first-order valence-corrected chi connectivity index (χ1v) is 6.74. The summed E-state index contributed by atoms with van der Waals surface area (Å²) in [6.45, 7) is 0.0629. The van der Waals surface area contributed by atoms with Crippen LogP contribution in [0.2, 0.25) is 0 Å². The quantitative estimate of drug-likeness (QED) is 0.819. The van der Waals surface area contributed by atoms with Crippen molar-refractivity contribution in [1.29, 1.82) is 0 Å². The Morgan fingerprint density at radius 3 is 2.53 bits per heavy atom. The standard InChI is InChI=1S/C15H21NO3/c1-16(12-7-3-4-8-12)15(17)11-19-14-10-6-5-9-13(14)18-2/h5-6,9-10,12H,3-4,7-8,11H2,1-2H3. The minimum absolute atomic E-state index is 0.0257. The number of methoxy groups -OCH3 is 1. The van der Waals surface area contributed by atoms with Gasteiger partial charge in [0.2, 0.25) is 0 Å². The van der Waals surface area contributed by atoms with Gasteiger partial charge in [0.1, 0.15) is 0 Å². The normalized spacial score (nSPS) is 15.3. The number of benzene rings is 1. The van der Waals surface area contributed by atoms with Crippen LogP contribution >= 0.6 is 0 Å². The maximum Gasteiger partial charge on any atom is 0.260 e. The van der Waals surface area contributed by atoms with E-state index in [2.05, 4.69) is 0 Å². The monoisotopic (exact) mass is 263 g/mol. The van der Waals surface area contributed by atoms with Crippen molar-refractivity contribution in [3.8, 4) is 11.5 Å². The number of hydrogen-bond donors (Lipinski definition) is 0. The van der Waals surface area contributed by atoms with Gasteiger partial charge >= 0.3 is 0 Å². The number of amides is 1. The average molecular weight is 263 g/mol. The van der Waals surface area contributed by atoms with Crippen molar-refractivity contribution in [2.24, 2.45) is 0 Å². The summed E-state index contributed by atoms with van der Waals surface area (Å²) in [6, 6.07) is 7.75. The van der Waals surface area contributed by atoms with E-state index in [0.717, 1.165) is 12.8 Å². The summed E-state index contributed by atoms with van der Waals surface area (Å²) in [5.74, 6) is 1.29. The second-order valence-corrected chi connectivity index (χ2v) is 4.88. The number of hydrogen-bond acceptors (Lipinski definition) is 3. The van der Waals surface area contributed by atoms with Gasteiger partial charge in [-0.3, -0.25) is 4.79 Å². The van der Waals surface area contributed by atoms with Crippen LogP contribution < -0.4 is 9.47 Å². The molecule has 1 fully saturated rings. The van der Waals surface area contributed by atoms with Gasteiger partial charge in [-0.25, -0.2) is 0 Å². The van der Waals surface area contributed by atoms with Crippen molar-refractivity contribution in [2.75, 3.05) is 20.8 Å². The Kier molecular flexibility index (Phi) is 4.66. The van der Waals surface area contributed by atoms with Gasteiger partial charge in [-0.1, -0.05) is 25.0 Å². The third kappa shape index (κ3) is 3.40. The summed E-state index contributed by atoms with van der Waals surface area (Å²) in [5, 5.41) is 0. The van der Waals surface area contributed by atoms with E-state index in [1.807, 2.05) is 36.2 Å². The minimum Gasteiger partial charge on any atom is -0.493 e. The lowest BCUT2D eigenvalue weighted by molar-refractivity contribution is -0.134. The highest BCUT2D eigenvalue weighted by molar-refractivity contribution is 5.78. The molecule has 1 saturated carbocycles. The predicted octanol–water partition coefficient (Wildman–Crippen LogP) is 2.48. The van der Waals surface area contributed by atoms with Crippen LogP contribution in [0.25, 0.3) is 0 Å². The lowest BCUT2D eigenvalue weighted by Crippen LogP contribution is -2.38. The molecule has 4 heteroatoms. The Morgan fingerprint density at radius 2 is 1.89 bits per heavy atom. The van der Waals surface area contributed by atoms with Crippen LogP contribution in [0.3, 0.4) is 0 Å². The van der Waals surface area contributed by atoms with Crippen LogP contribution in [-0.4, -0.2) is 37.6 Å². The van der Waals surface area contributed by atoms with E-state index >= 15 is 0 Å². The van der Waals surface area contributed by atoms with Crippen LogP contribution in [0.5, 0.6) is 11.5 Å². The molecule has 0 radical (unpaired) electrons. The molecule has 0 spiro atoms. The molecule has 0 saturated heterocycles. The van der Waals surface area contributed by atoms with Gasteiger partial charge in [-0.15, -0.1) is 0 Å². The zero-order valence-electron chi connectivity index (χ0n) is 11.6. The second kappa shape index (κ2) is 6.45. The van der Waals surface area contributed by atoms with E-state index in [4.69, 9.17) is 9.47 Å². The molecule has 1 aliphatic rings. The molecule has 1 aromatic carbocycles. The molecule has 2 rings (SSSR count). The molecule has 19 heavy (non-hydrogen) atoms. The van der Waals surface area contributed by atoms with Gasteiger partial charge in [-0.2, -0.15) is 0 Å². The largest absolute Gasteiger partial charge is 0.493 e. The molecule has 0 aromatic heterocycles. The summed E-state index contributed by atoms with van der Waals surface area (Å²) >= 11 is 0. The molecule has 0 aliphatic heterocycles. The van der Waals surface area contributed by atoms with Gasteiger partial charge in [0, 0.05) is 13.1 Å². The fourth-order valence-corrected chi connectivity index (χ4v) is 2.47. The fraction of sp³-hybridized carbons (Fsp3) is 0.533. The third-order valence-corrected chi connectivity index (χ3v) is 3.69. The first-order valence-electron chi connectivity index (χ1n) is 6.74. The molecule has 104 valence electrons. The molecular formula is C15H21NO3. The van der Waals surface area contributed by atoms with E-state index in [9.17, 15) is 4.79 Å². The van der Waals surface area contributed by atoms with Crippen LogP contribution in [0.15, 0.2) is 24.3 Å². The Morgan fingerprint density at radius 1 is 1.26 bits per heavy atom. The SMILES string of the molecule is COc1ccccc1OCC(=O)N(C)C1CCCC1. The lowest BCUT2D eigenvalue weighted by Gasteiger charge is -2.24. The summed E-state index contributed by atoms with van der Waals surface area (Å²) in [4.78, 5) is 13.9. The van der Waals surface area contributed by atoms with E-state index in [-0.39, 0.29) is 12.5 Å². The van der Waals surface area contributed by atoms with Gasteiger partial charge in [0.05, 0.1) is 7.11 Å². The topological polar surface area (TPSA) is 38.8 Å². The maximum atomic E-state index is 12.1. The second-order valence-electron chi connectivity index (χ2n) is 4.88. The molecule has 0 atom stereocenters. The van der Waals surface area contributed by atoms with Gasteiger partial charge in [0.15, 0.2) is 18.1 Å². The van der Waals surface area contributed by atoms with E-state index in [1.165, 1.54) is 12.8 Å². The van der Waals surface area contributed by atoms with Crippen LogP contribution in [0, 0.1) is 0 Å². The highest BCUT2D eigenvalue weighted by Crippen LogP contribution is 2.26. The van der Waals surface area contributed by atoms with Gasteiger partial charge < -0.3 is 14.4 Å². The molecule has 0 bridgehead atoms. The third-order valence-electron chi connectivity index (χ3n) is 3.69. The Bertz CT molecular complexity index is 427. The highest BCUT2D eigenvalue weighted by Gasteiger charge is 2.23. The van der Waals surface area contributed by atoms with Crippen molar-refractivity contribution in [1.82, 2.24) is 4.90 Å². The lowest BCUT2D eigenvalue weighted by atomic mass is 10.2. The van der Waals surface area contributed by atoms with Gasteiger partial charge in [-0.05, 0) is 25.0 Å². The Hall–Kier alpha value is -1.71. The van der Waals surface area contributed by atoms with Crippen LogP contribution in [-0.2, 0) is 4.79 Å². The first kappa shape index (κ1) is 13.7. The van der Waals surface area contributed by atoms with Gasteiger partial charge in [0.25, 0.3) is 5.91 Å². The zero-order valence-corrected chi connectivity index (χ0v) is 11.6. The average Bonchev–Trinajstić information content (AvgIpc) is 2.98. The van der Waals surface area contributed by atoms with Crippen LogP contribution in [0.1, 0.15) is 25.7 Å². The van der Waals surface area contributed by atoms with Crippen molar-refractivity contribution < 1.29 is 14.3 Å². The number of carbonyl (C=O) groups excluding carboxylic acids is 1. The molecule has 4 nitrogen and oxygen atoms in total. The number of nitrogens with zero attached hydrogens (tertiary/aromatic N) is 1. The summed E-state index contributed by atoms with van der Waals surface area (Å²) in [7, 11) is 3.46. The molecule has 1 amide bonds. The number of carbonyl (C=O) groups is 1. The van der Waals surface area contributed by atoms with Crippen molar-refractivity contribution in [2.45, 2.75) is 31.7 Å². The molecule has 1 aliphatic carbocycles. The van der Waals surface area contributed by atoms with E-state index < -0.39 is 0 Å². The number of likely N-dealkylation sites (N-methyl/N-ethyl adjacent to an activating group) is 1. The summed E-state index contributed by atoms with van der Waals surface area (Å²) < 4.78 is 10.7. The zero-order chi connectivity index (χ0) is 13.7. The minimum atomic E-state index is 0.0257. The van der Waals surface area contributed by atoms with Crippen molar-refractivity contribution in [3.05, 3.63) is 24.3 Å². The highest BCUT2D eigenvalue weighted by atomic mass is 16.5. The number of ether oxygens (including phenoxy) is 2. The molecule has 1 aromatic rings. The predicted molar refractivity (Wildman–Crippen MR) is 73.5 cm³/mol. The molecular weight excluding hydrogens is 242 g/mol. The fourth-order valence-electron chi connectivity index (χ4n) is 2.47. The summed E-state index contributed by atoms with van der Waals surface area (Å²) in [5.41, 5.74) is 0.